The van der Waals surface area contributed by atoms with Gasteiger partial charge in [-0.25, -0.2) is 17.2 Å². The summed E-state index contributed by atoms with van der Waals surface area (Å²) in [6.45, 7) is 1.51. The van der Waals surface area contributed by atoms with Crippen molar-refractivity contribution in [2.45, 2.75) is 6.92 Å². The number of sulfonamides is 1. The fraction of sp³-hybridized carbons (Fsp3) is 0.125. The van der Waals surface area contributed by atoms with E-state index in [0.29, 0.717) is 28.0 Å². The molecule has 0 spiro atoms. The number of nitrogens with zero attached hydrogens (tertiary/aromatic N) is 1. The summed E-state index contributed by atoms with van der Waals surface area (Å²) in [6.07, 6.45) is 1.60. The average Bonchev–Trinajstić information content (AvgIpc) is 2.79. The molecule has 1 N–H and O–H groups in total. The Balaban J connectivity index is 1.95. The van der Waals surface area contributed by atoms with Crippen molar-refractivity contribution in [2.24, 2.45) is 7.05 Å². The number of hydrogen-bond acceptors (Lipinski definition) is 4. The number of hydrogen-bond donors (Lipinski definition) is 1. The van der Waals surface area contributed by atoms with Gasteiger partial charge in [0.25, 0.3) is 5.56 Å². The van der Waals surface area contributed by atoms with Gasteiger partial charge in [-0.1, -0.05) is 18.2 Å². The highest BCUT2D eigenvalue weighted by atomic mass is 32.2. The predicted octanol–water partition coefficient (Wildman–Crippen LogP) is 5.04. The van der Waals surface area contributed by atoms with Gasteiger partial charge in [0.2, 0.25) is 10.0 Å². The third-order valence-corrected chi connectivity index (χ3v) is 6.43. The van der Waals surface area contributed by atoms with Crippen LogP contribution in [0.2, 0.25) is 0 Å². The predicted molar refractivity (Wildman–Crippen MR) is 124 cm³/mol. The molecule has 0 radical (unpaired) electrons. The van der Waals surface area contributed by atoms with Gasteiger partial charge in [-0.3, -0.25) is 9.52 Å². The van der Waals surface area contributed by atoms with Crippen LogP contribution >= 0.6 is 0 Å². The first-order valence-electron chi connectivity index (χ1n) is 10.0. The van der Waals surface area contributed by atoms with Crippen LogP contribution in [0.15, 0.2) is 71.7 Å². The Labute approximate surface area is 189 Å². The van der Waals surface area contributed by atoms with Crippen LogP contribution in [0.1, 0.15) is 6.92 Å². The highest BCUT2D eigenvalue weighted by Crippen LogP contribution is 2.39. The average molecular weight is 470 g/mol. The zero-order chi connectivity index (χ0) is 23.8. The quantitative estimate of drug-likeness (QED) is 0.428. The van der Waals surface area contributed by atoms with Crippen molar-refractivity contribution >= 4 is 26.5 Å². The number of pyridine rings is 1. The molecule has 0 aliphatic rings. The second kappa shape index (κ2) is 8.67. The van der Waals surface area contributed by atoms with Crippen LogP contribution in [-0.4, -0.2) is 18.7 Å². The molecule has 0 amide bonds. The molecule has 170 valence electrons. The fourth-order valence-electron chi connectivity index (χ4n) is 3.45. The van der Waals surface area contributed by atoms with Crippen LogP contribution in [0.3, 0.4) is 0 Å². The van der Waals surface area contributed by atoms with Gasteiger partial charge < -0.3 is 9.30 Å². The molecule has 0 saturated heterocycles. The second-order valence-electron chi connectivity index (χ2n) is 7.40. The molecule has 3 aromatic carbocycles. The molecule has 1 aromatic heterocycles. The van der Waals surface area contributed by atoms with Gasteiger partial charge in [-0.15, -0.1) is 0 Å². The molecular formula is C24H20F2N2O4S. The molecular weight excluding hydrogens is 450 g/mol. The molecule has 0 aliphatic carbocycles. The van der Waals surface area contributed by atoms with E-state index in [-0.39, 0.29) is 28.5 Å². The van der Waals surface area contributed by atoms with Crippen LogP contribution < -0.4 is 15.0 Å². The molecule has 9 heteroatoms. The first kappa shape index (κ1) is 22.5. The Morgan fingerprint density at radius 1 is 0.939 bits per heavy atom. The van der Waals surface area contributed by atoms with Crippen LogP contribution in [-0.2, 0) is 17.1 Å². The van der Waals surface area contributed by atoms with Gasteiger partial charge in [0.1, 0.15) is 11.6 Å². The van der Waals surface area contributed by atoms with E-state index in [1.165, 1.54) is 29.7 Å². The number of anilines is 1. The van der Waals surface area contributed by atoms with Gasteiger partial charge in [-0.2, -0.15) is 0 Å². The van der Waals surface area contributed by atoms with Crippen molar-refractivity contribution in [3.63, 3.8) is 0 Å². The second-order valence-corrected chi connectivity index (χ2v) is 9.41. The summed E-state index contributed by atoms with van der Waals surface area (Å²) >= 11 is 0. The maximum atomic E-state index is 14.3. The van der Waals surface area contributed by atoms with E-state index < -0.39 is 21.7 Å². The molecule has 0 unspecified atom stereocenters. The van der Waals surface area contributed by atoms with Gasteiger partial charge >= 0.3 is 0 Å². The molecule has 6 nitrogen and oxygen atoms in total. The summed E-state index contributed by atoms with van der Waals surface area (Å²) in [5, 5.41) is 1.07. The summed E-state index contributed by atoms with van der Waals surface area (Å²) < 4.78 is 61.5. The van der Waals surface area contributed by atoms with Gasteiger partial charge in [0.05, 0.1) is 5.75 Å². The maximum Gasteiger partial charge on any atom is 0.258 e. The smallest absolute Gasteiger partial charge is 0.258 e. The lowest BCUT2D eigenvalue weighted by atomic mass is 9.99. The number of benzene rings is 3. The molecule has 1 heterocycles. The van der Waals surface area contributed by atoms with E-state index in [1.54, 1.807) is 43.6 Å². The Morgan fingerprint density at radius 2 is 1.64 bits per heavy atom. The first-order chi connectivity index (χ1) is 15.7. The Hall–Kier alpha value is -3.72. The molecule has 33 heavy (non-hydrogen) atoms. The molecule has 4 aromatic rings. The molecule has 0 bridgehead atoms. The van der Waals surface area contributed by atoms with Crippen molar-refractivity contribution in [3.8, 4) is 22.6 Å². The third kappa shape index (κ3) is 4.58. The fourth-order valence-corrected chi connectivity index (χ4v) is 4.08. The number of halogens is 2. The van der Waals surface area contributed by atoms with Crippen LogP contribution in [0.25, 0.3) is 21.9 Å². The minimum absolute atomic E-state index is 0.121. The van der Waals surface area contributed by atoms with E-state index in [1.807, 2.05) is 0 Å². The number of fused-ring (bicyclic) bond motifs is 1. The van der Waals surface area contributed by atoms with Crippen LogP contribution in [0, 0.1) is 11.6 Å². The summed E-state index contributed by atoms with van der Waals surface area (Å²) in [5.41, 5.74) is 1.06. The zero-order valence-corrected chi connectivity index (χ0v) is 18.6. The summed E-state index contributed by atoms with van der Waals surface area (Å²) in [4.78, 5) is 12.6. The standard InChI is InChI=1S/C24H20F2N2O4S/c1-3-33(30,31)27-16-9-11-22(32-23-10-8-15(25)12-21(23)26)19(13-16)20-14-28(2)24(29)18-7-5-4-6-17(18)20/h4-14,27H,3H2,1-2H3. The van der Waals surface area contributed by atoms with E-state index in [2.05, 4.69) is 4.72 Å². The van der Waals surface area contributed by atoms with E-state index in [4.69, 9.17) is 4.74 Å². The number of ether oxygens (including phenoxy) is 1. The number of aryl methyl sites for hydroxylation is 1. The zero-order valence-electron chi connectivity index (χ0n) is 17.8. The lowest BCUT2D eigenvalue weighted by molar-refractivity contribution is 0.439. The Morgan fingerprint density at radius 3 is 2.33 bits per heavy atom. The van der Waals surface area contributed by atoms with Gasteiger partial charge in [-0.05, 0) is 48.7 Å². The van der Waals surface area contributed by atoms with Gasteiger partial charge in [0, 0.05) is 41.5 Å². The van der Waals surface area contributed by atoms with E-state index in [0.717, 1.165) is 6.07 Å². The molecule has 0 atom stereocenters. The maximum absolute atomic E-state index is 14.3. The van der Waals surface area contributed by atoms with Crippen LogP contribution in [0.4, 0.5) is 14.5 Å². The van der Waals surface area contributed by atoms with Crippen molar-refractivity contribution in [3.05, 3.63) is 88.8 Å². The highest BCUT2D eigenvalue weighted by molar-refractivity contribution is 7.92. The van der Waals surface area contributed by atoms with Crippen molar-refractivity contribution in [1.82, 2.24) is 4.57 Å². The van der Waals surface area contributed by atoms with E-state index in [9.17, 15) is 22.0 Å². The lowest BCUT2D eigenvalue weighted by Gasteiger charge is -2.17. The number of nitrogens with one attached hydrogen (secondary N) is 1. The largest absolute Gasteiger partial charge is 0.454 e. The monoisotopic (exact) mass is 470 g/mol. The van der Waals surface area contributed by atoms with Crippen molar-refractivity contribution in [2.75, 3.05) is 10.5 Å². The third-order valence-electron chi connectivity index (χ3n) is 5.13. The molecule has 0 fully saturated rings. The molecule has 0 aliphatic heterocycles. The number of rotatable bonds is 6. The summed E-state index contributed by atoms with van der Waals surface area (Å²) in [5.74, 6) is -1.75. The Kier molecular flexibility index (Phi) is 5.90. The topological polar surface area (TPSA) is 77.4 Å². The molecule has 0 saturated carbocycles. The van der Waals surface area contributed by atoms with Crippen molar-refractivity contribution in [1.29, 1.82) is 0 Å². The van der Waals surface area contributed by atoms with Crippen LogP contribution in [0.5, 0.6) is 11.5 Å². The first-order valence-corrected chi connectivity index (χ1v) is 11.7. The normalized spacial score (nSPS) is 11.5. The number of aromatic nitrogens is 1. The minimum Gasteiger partial charge on any atom is -0.454 e. The highest BCUT2D eigenvalue weighted by Gasteiger charge is 2.17. The van der Waals surface area contributed by atoms with Crippen molar-refractivity contribution < 1.29 is 21.9 Å². The summed E-state index contributed by atoms with van der Waals surface area (Å²) in [6, 6.07) is 14.4. The minimum atomic E-state index is -3.56. The molecule has 4 rings (SSSR count). The van der Waals surface area contributed by atoms with Gasteiger partial charge in [0.15, 0.2) is 11.6 Å². The van der Waals surface area contributed by atoms with E-state index >= 15 is 0 Å². The summed E-state index contributed by atoms with van der Waals surface area (Å²) in [7, 11) is -1.96. The lowest BCUT2D eigenvalue weighted by Crippen LogP contribution is -2.17. The SMILES string of the molecule is CCS(=O)(=O)Nc1ccc(Oc2ccc(F)cc2F)c(-c2cn(C)c(=O)c3ccccc23)c1. The Bertz CT molecular complexity index is 1530.